The summed E-state index contributed by atoms with van der Waals surface area (Å²) in [7, 11) is 3.94. The monoisotopic (exact) mass is 454 g/mol. The van der Waals surface area contributed by atoms with Gasteiger partial charge in [0, 0.05) is 24.0 Å². The van der Waals surface area contributed by atoms with Crippen molar-refractivity contribution in [3.8, 4) is 0 Å². The Morgan fingerprint density at radius 2 is 2.06 bits per heavy atom. The second-order valence-corrected chi connectivity index (χ2v) is 8.71. The SMILES string of the molecule is CN(C)CCOC1=CC(c2ccnc(N)n2)=CC2SC(C(=O)Nc3ccc(F)cc3)=NC12. The highest BCUT2D eigenvalue weighted by Gasteiger charge is 2.38. The molecule has 0 spiro atoms. The molecule has 3 N–H and O–H groups in total. The van der Waals surface area contributed by atoms with Gasteiger partial charge in [-0.15, -0.1) is 0 Å². The smallest absolute Gasteiger partial charge is 0.280 e. The van der Waals surface area contributed by atoms with Gasteiger partial charge in [-0.05, 0) is 50.5 Å². The second-order valence-electron chi connectivity index (χ2n) is 7.54. The van der Waals surface area contributed by atoms with Gasteiger partial charge >= 0.3 is 0 Å². The summed E-state index contributed by atoms with van der Waals surface area (Å²) in [6.45, 7) is 1.22. The van der Waals surface area contributed by atoms with Crippen LogP contribution in [0.4, 0.5) is 16.0 Å². The van der Waals surface area contributed by atoms with Gasteiger partial charge < -0.3 is 20.7 Å². The van der Waals surface area contributed by atoms with Crippen molar-refractivity contribution in [3.05, 3.63) is 66.0 Å². The first kappa shape index (κ1) is 22.0. The first-order valence-corrected chi connectivity index (χ1v) is 10.9. The first-order chi connectivity index (χ1) is 15.4. The van der Waals surface area contributed by atoms with E-state index in [1.807, 2.05) is 31.1 Å². The molecule has 0 fully saturated rings. The van der Waals surface area contributed by atoms with Crippen LogP contribution in [0.15, 0.2) is 59.4 Å². The molecule has 32 heavy (non-hydrogen) atoms. The number of benzene rings is 1. The molecule has 1 aliphatic heterocycles. The Hall–Kier alpha value is -3.24. The number of allylic oxidation sites excluding steroid dienone is 2. The molecule has 166 valence electrons. The molecule has 1 amide bonds. The van der Waals surface area contributed by atoms with Crippen molar-refractivity contribution in [2.24, 2.45) is 4.99 Å². The average molecular weight is 455 g/mol. The highest BCUT2D eigenvalue weighted by Crippen LogP contribution is 2.39. The van der Waals surface area contributed by atoms with Crippen LogP contribution < -0.4 is 11.1 Å². The third-order valence-electron chi connectivity index (χ3n) is 4.82. The molecule has 1 aliphatic carbocycles. The summed E-state index contributed by atoms with van der Waals surface area (Å²) in [5, 5.41) is 2.97. The number of likely N-dealkylation sites (N-methyl/N-ethyl adjacent to an activating group) is 1. The van der Waals surface area contributed by atoms with E-state index in [4.69, 9.17) is 10.5 Å². The van der Waals surface area contributed by atoms with Gasteiger partial charge in [0.25, 0.3) is 5.91 Å². The van der Waals surface area contributed by atoms with Crippen molar-refractivity contribution >= 4 is 39.9 Å². The average Bonchev–Trinajstić information content (AvgIpc) is 3.20. The number of nitrogen functional groups attached to an aromatic ring is 1. The molecule has 0 radical (unpaired) electrons. The lowest BCUT2D eigenvalue weighted by molar-refractivity contribution is -0.110. The number of carbonyl (C=O) groups is 1. The van der Waals surface area contributed by atoms with Gasteiger partial charge in [-0.1, -0.05) is 17.8 Å². The lowest BCUT2D eigenvalue weighted by Crippen LogP contribution is -2.26. The zero-order valence-corrected chi connectivity index (χ0v) is 18.5. The molecule has 0 bridgehead atoms. The quantitative estimate of drug-likeness (QED) is 0.662. The van der Waals surface area contributed by atoms with E-state index in [1.165, 1.54) is 36.0 Å². The van der Waals surface area contributed by atoms with Gasteiger partial charge in [-0.25, -0.2) is 14.4 Å². The predicted molar refractivity (Wildman–Crippen MR) is 125 cm³/mol. The maximum Gasteiger partial charge on any atom is 0.280 e. The van der Waals surface area contributed by atoms with Gasteiger partial charge in [-0.2, -0.15) is 0 Å². The lowest BCUT2D eigenvalue weighted by Gasteiger charge is -2.24. The predicted octanol–water partition coefficient (Wildman–Crippen LogP) is 2.58. The zero-order valence-electron chi connectivity index (χ0n) is 17.7. The van der Waals surface area contributed by atoms with E-state index < -0.39 is 0 Å². The number of aromatic nitrogens is 2. The number of ether oxygens (including phenoxy) is 1. The standard InChI is InChI=1S/C22H23FN6O2S/c1-29(2)9-10-31-17-11-13(16-7-8-25-22(24)27-16)12-18-19(17)28-21(32-18)20(30)26-15-5-3-14(23)4-6-15/h3-8,11-12,18-19H,9-10H2,1-2H3,(H,26,30)(H2,24,25,27). The fourth-order valence-electron chi connectivity index (χ4n) is 3.23. The summed E-state index contributed by atoms with van der Waals surface area (Å²) in [5.74, 6) is 0.145. The minimum absolute atomic E-state index is 0.130. The van der Waals surface area contributed by atoms with E-state index in [-0.39, 0.29) is 29.0 Å². The molecular formula is C22H23FN6O2S. The van der Waals surface area contributed by atoms with E-state index in [0.29, 0.717) is 28.8 Å². The number of aliphatic imine (C=N–C) groups is 1. The number of thioether (sulfide) groups is 1. The molecule has 8 nitrogen and oxygen atoms in total. The number of fused-ring (bicyclic) bond motifs is 1. The van der Waals surface area contributed by atoms with E-state index in [0.717, 1.165) is 12.1 Å². The molecule has 0 saturated carbocycles. The van der Waals surface area contributed by atoms with E-state index in [1.54, 1.807) is 12.3 Å². The van der Waals surface area contributed by atoms with Crippen molar-refractivity contribution in [1.29, 1.82) is 0 Å². The maximum absolute atomic E-state index is 13.1. The summed E-state index contributed by atoms with van der Waals surface area (Å²) in [5.41, 5.74) is 7.77. The van der Waals surface area contributed by atoms with Gasteiger partial charge in [0.05, 0.1) is 10.9 Å². The van der Waals surface area contributed by atoms with Crippen molar-refractivity contribution in [2.45, 2.75) is 11.3 Å². The van der Waals surface area contributed by atoms with Crippen LogP contribution >= 0.6 is 11.8 Å². The molecule has 1 aromatic heterocycles. The molecule has 2 aromatic rings. The first-order valence-electron chi connectivity index (χ1n) is 10.0. The Kier molecular flexibility index (Phi) is 6.52. The number of nitrogens with zero attached hydrogens (tertiary/aromatic N) is 4. The topological polar surface area (TPSA) is 106 Å². The third-order valence-corrected chi connectivity index (χ3v) is 6.00. The molecular weight excluding hydrogens is 431 g/mol. The number of hydrogen-bond acceptors (Lipinski definition) is 8. The minimum atomic E-state index is -0.366. The number of nitrogens with two attached hydrogens (primary N) is 1. The summed E-state index contributed by atoms with van der Waals surface area (Å²) < 4.78 is 19.2. The molecule has 2 unspecified atom stereocenters. The number of nitrogens with one attached hydrogen (secondary N) is 1. The van der Waals surface area contributed by atoms with Crippen LogP contribution in [0.25, 0.3) is 5.57 Å². The van der Waals surface area contributed by atoms with Crippen molar-refractivity contribution in [1.82, 2.24) is 14.9 Å². The number of rotatable bonds is 7. The molecule has 4 rings (SSSR count). The lowest BCUT2D eigenvalue weighted by atomic mass is 9.98. The fraction of sp³-hybridized carbons (Fsp3) is 0.273. The van der Waals surface area contributed by atoms with Crippen LogP contribution in [0.5, 0.6) is 0 Å². The number of carbonyl (C=O) groups excluding carboxylic acids is 1. The van der Waals surface area contributed by atoms with Crippen LogP contribution in [0.3, 0.4) is 0 Å². The summed E-state index contributed by atoms with van der Waals surface area (Å²) in [6.07, 6.45) is 5.51. The zero-order chi connectivity index (χ0) is 22.7. The number of hydrogen-bond donors (Lipinski definition) is 2. The number of amides is 1. The van der Waals surface area contributed by atoms with Crippen LogP contribution in [0.1, 0.15) is 5.69 Å². The highest BCUT2D eigenvalue weighted by atomic mass is 32.2. The Bertz CT molecular complexity index is 1100. The molecule has 2 heterocycles. The van der Waals surface area contributed by atoms with Crippen molar-refractivity contribution in [3.63, 3.8) is 0 Å². The van der Waals surface area contributed by atoms with E-state index >= 15 is 0 Å². The molecule has 1 aromatic carbocycles. The van der Waals surface area contributed by atoms with Crippen LogP contribution in [0, 0.1) is 5.82 Å². The summed E-state index contributed by atoms with van der Waals surface area (Å²) >= 11 is 1.35. The highest BCUT2D eigenvalue weighted by molar-refractivity contribution is 8.16. The van der Waals surface area contributed by atoms with Crippen LogP contribution in [-0.4, -0.2) is 64.4 Å². The largest absolute Gasteiger partial charge is 0.494 e. The Morgan fingerprint density at radius 3 is 2.78 bits per heavy atom. The fourth-order valence-corrected chi connectivity index (χ4v) is 4.36. The third kappa shape index (κ3) is 5.14. The van der Waals surface area contributed by atoms with Gasteiger partial charge in [0.1, 0.15) is 24.2 Å². The van der Waals surface area contributed by atoms with Gasteiger partial charge in [0.2, 0.25) is 5.95 Å². The van der Waals surface area contributed by atoms with Crippen molar-refractivity contribution in [2.75, 3.05) is 38.3 Å². The Labute approximate surface area is 189 Å². The maximum atomic E-state index is 13.1. The second kappa shape index (κ2) is 9.49. The van der Waals surface area contributed by atoms with E-state index in [9.17, 15) is 9.18 Å². The molecule has 2 atom stereocenters. The van der Waals surface area contributed by atoms with Gasteiger partial charge in [0.15, 0.2) is 5.04 Å². The molecule has 10 heteroatoms. The van der Waals surface area contributed by atoms with Crippen LogP contribution in [-0.2, 0) is 9.53 Å². The minimum Gasteiger partial charge on any atom is -0.494 e. The normalized spacial score (nSPS) is 19.7. The summed E-state index contributed by atoms with van der Waals surface area (Å²) in [6, 6.07) is 7.06. The molecule has 2 aliphatic rings. The van der Waals surface area contributed by atoms with Crippen molar-refractivity contribution < 1.29 is 13.9 Å². The van der Waals surface area contributed by atoms with Crippen LogP contribution in [0.2, 0.25) is 0 Å². The number of halogens is 1. The van der Waals surface area contributed by atoms with Gasteiger partial charge in [-0.3, -0.25) is 9.79 Å². The number of anilines is 2. The summed E-state index contributed by atoms with van der Waals surface area (Å²) in [4.78, 5) is 27.7. The Morgan fingerprint density at radius 1 is 1.28 bits per heavy atom. The van der Waals surface area contributed by atoms with E-state index in [2.05, 4.69) is 20.3 Å². The Balaban J connectivity index is 1.56. The molecule has 0 saturated heterocycles.